The Labute approximate surface area is 134 Å². The van der Waals surface area contributed by atoms with Crippen LogP contribution >= 0.6 is 27.5 Å². The molecule has 7 heteroatoms. The van der Waals surface area contributed by atoms with Crippen molar-refractivity contribution in [1.82, 2.24) is 0 Å². The quantitative estimate of drug-likeness (QED) is 0.617. The monoisotopic (exact) mass is 370 g/mol. The predicted molar refractivity (Wildman–Crippen MR) is 84.9 cm³/mol. The second kappa shape index (κ2) is 6.43. The van der Waals surface area contributed by atoms with Gasteiger partial charge in [-0.25, -0.2) is 0 Å². The molecule has 0 aliphatic heterocycles. The second-order valence-electron chi connectivity index (χ2n) is 4.45. The number of nitrogens with zero attached hydrogens (tertiary/aromatic N) is 1. The Bertz CT molecular complexity index is 692. The molecule has 2 rings (SSSR count). The van der Waals surface area contributed by atoms with Crippen LogP contribution in [0.25, 0.3) is 0 Å². The lowest BCUT2D eigenvalue weighted by Gasteiger charge is -2.11. The number of nitro groups is 1. The number of rotatable bonds is 4. The highest BCUT2D eigenvalue weighted by Gasteiger charge is 2.17. The highest BCUT2D eigenvalue weighted by atomic mass is 79.9. The zero-order valence-electron chi connectivity index (χ0n) is 11.0. The molecule has 0 unspecified atom stereocenters. The zero-order chi connectivity index (χ0) is 15.6. The molecule has 0 saturated carbocycles. The fourth-order valence-corrected chi connectivity index (χ4v) is 2.36. The number of ether oxygens (including phenoxy) is 1. The van der Waals surface area contributed by atoms with E-state index in [4.69, 9.17) is 22.1 Å². The van der Waals surface area contributed by atoms with Crippen molar-refractivity contribution in [3.63, 3.8) is 0 Å². The SMILES string of the molecule is C[C@@H](N)c1ccc(Oc2ccc(Cl)cc2[N+](=O)[O-])c(Br)c1. The van der Waals surface area contributed by atoms with Crippen LogP contribution < -0.4 is 10.5 Å². The first kappa shape index (κ1) is 15.8. The third kappa shape index (κ3) is 3.72. The summed E-state index contributed by atoms with van der Waals surface area (Å²) in [5, 5.41) is 11.3. The van der Waals surface area contributed by atoms with E-state index in [1.54, 1.807) is 6.07 Å². The largest absolute Gasteiger partial charge is 0.449 e. The van der Waals surface area contributed by atoms with E-state index in [1.165, 1.54) is 18.2 Å². The van der Waals surface area contributed by atoms with Crippen molar-refractivity contribution >= 4 is 33.2 Å². The summed E-state index contributed by atoms with van der Waals surface area (Å²) in [4.78, 5) is 10.5. The van der Waals surface area contributed by atoms with Crippen LogP contribution in [0.2, 0.25) is 5.02 Å². The fraction of sp³-hybridized carbons (Fsp3) is 0.143. The van der Waals surface area contributed by atoms with Crippen LogP contribution in [-0.2, 0) is 0 Å². The van der Waals surface area contributed by atoms with Crippen molar-refractivity contribution in [1.29, 1.82) is 0 Å². The molecule has 0 radical (unpaired) electrons. The molecule has 0 aromatic heterocycles. The molecule has 5 nitrogen and oxygen atoms in total. The summed E-state index contributed by atoms with van der Waals surface area (Å²) in [6.45, 7) is 1.87. The molecule has 0 aliphatic carbocycles. The van der Waals surface area contributed by atoms with E-state index >= 15 is 0 Å². The van der Waals surface area contributed by atoms with E-state index < -0.39 is 4.92 Å². The van der Waals surface area contributed by atoms with Gasteiger partial charge in [0.25, 0.3) is 0 Å². The number of nitro benzene ring substituents is 1. The number of benzene rings is 2. The molecule has 1 atom stereocenters. The van der Waals surface area contributed by atoms with Gasteiger partial charge < -0.3 is 10.5 Å². The topological polar surface area (TPSA) is 78.4 Å². The zero-order valence-corrected chi connectivity index (χ0v) is 13.4. The van der Waals surface area contributed by atoms with Crippen LogP contribution in [0, 0.1) is 10.1 Å². The Morgan fingerprint density at radius 1 is 1.29 bits per heavy atom. The molecule has 0 bridgehead atoms. The van der Waals surface area contributed by atoms with Gasteiger partial charge in [0.2, 0.25) is 5.75 Å². The van der Waals surface area contributed by atoms with Gasteiger partial charge in [0.15, 0.2) is 0 Å². The molecule has 110 valence electrons. The molecular formula is C14H12BrClN2O3. The summed E-state index contributed by atoms with van der Waals surface area (Å²) < 4.78 is 6.27. The van der Waals surface area contributed by atoms with Crippen LogP contribution in [0.1, 0.15) is 18.5 Å². The van der Waals surface area contributed by atoms with Gasteiger partial charge in [-0.2, -0.15) is 0 Å². The maximum Gasteiger partial charge on any atom is 0.313 e. The Morgan fingerprint density at radius 3 is 2.52 bits per heavy atom. The molecule has 0 aliphatic rings. The molecule has 2 N–H and O–H groups in total. The molecule has 0 heterocycles. The van der Waals surface area contributed by atoms with Gasteiger partial charge in [-0.15, -0.1) is 0 Å². The normalized spacial score (nSPS) is 12.0. The van der Waals surface area contributed by atoms with Gasteiger partial charge in [0, 0.05) is 17.1 Å². The molecule has 0 fully saturated rings. The van der Waals surface area contributed by atoms with Gasteiger partial charge in [0.05, 0.1) is 9.40 Å². The number of halogens is 2. The number of hydrogen-bond donors (Lipinski definition) is 1. The smallest absolute Gasteiger partial charge is 0.313 e. The van der Waals surface area contributed by atoms with Crippen LogP contribution in [0.4, 0.5) is 5.69 Å². The van der Waals surface area contributed by atoms with E-state index in [9.17, 15) is 10.1 Å². The summed E-state index contributed by atoms with van der Waals surface area (Å²) in [5.74, 6) is 0.587. The Balaban J connectivity index is 2.37. The molecule has 21 heavy (non-hydrogen) atoms. The van der Waals surface area contributed by atoms with Crippen LogP contribution in [0.3, 0.4) is 0 Å². The van der Waals surface area contributed by atoms with Crippen LogP contribution in [0.15, 0.2) is 40.9 Å². The molecular weight excluding hydrogens is 360 g/mol. The maximum atomic E-state index is 11.0. The van der Waals surface area contributed by atoms with Gasteiger partial charge in [0.1, 0.15) is 5.75 Å². The van der Waals surface area contributed by atoms with Crippen LogP contribution in [-0.4, -0.2) is 4.92 Å². The Kier molecular flexibility index (Phi) is 4.82. The summed E-state index contributed by atoms with van der Waals surface area (Å²) in [5.41, 5.74) is 6.54. The average Bonchev–Trinajstić information content (AvgIpc) is 2.42. The highest BCUT2D eigenvalue weighted by Crippen LogP contribution is 2.37. The average molecular weight is 372 g/mol. The highest BCUT2D eigenvalue weighted by molar-refractivity contribution is 9.10. The lowest BCUT2D eigenvalue weighted by molar-refractivity contribution is -0.385. The van der Waals surface area contributed by atoms with E-state index in [0.717, 1.165) is 5.56 Å². The molecule has 0 amide bonds. The maximum absolute atomic E-state index is 11.0. The second-order valence-corrected chi connectivity index (χ2v) is 5.74. The lowest BCUT2D eigenvalue weighted by Crippen LogP contribution is -2.04. The van der Waals surface area contributed by atoms with E-state index in [-0.39, 0.29) is 22.5 Å². The third-order valence-corrected chi connectivity index (χ3v) is 3.67. The Hall–Kier alpha value is -1.63. The van der Waals surface area contributed by atoms with Crippen molar-refractivity contribution < 1.29 is 9.66 Å². The Morgan fingerprint density at radius 2 is 1.95 bits per heavy atom. The predicted octanol–water partition coefficient (Wildman–Crippen LogP) is 4.82. The van der Waals surface area contributed by atoms with Gasteiger partial charge >= 0.3 is 5.69 Å². The van der Waals surface area contributed by atoms with Crippen molar-refractivity contribution in [3.05, 3.63) is 61.6 Å². The number of hydrogen-bond acceptors (Lipinski definition) is 4. The van der Waals surface area contributed by atoms with E-state index in [1.807, 2.05) is 19.1 Å². The minimum atomic E-state index is -0.536. The minimum Gasteiger partial charge on any atom is -0.449 e. The van der Waals surface area contributed by atoms with E-state index in [2.05, 4.69) is 15.9 Å². The standard InChI is InChI=1S/C14H12BrClN2O3/c1-8(17)9-2-4-13(11(15)6-9)21-14-5-3-10(16)7-12(14)18(19)20/h2-8H,17H2,1H3/t8-/m1/s1. The first-order chi connectivity index (χ1) is 9.88. The van der Waals surface area contributed by atoms with Gasteiger partial charge in [-0.05, 0) is 52.7 Å². The molecule has 0 saturated heterocycles. The first-order valence-corrected chi connectivity index (χ1v) is 7.22. The molecule has 2 aromatic carbocycles. The summed E-state index contributed by atoms with van der Waals surface area (Å²) in [7, 11) is 0. The van der Waals surface area contributed by atoms with Crippen LogP contribution in [0.5, 0.6) is 11.5 Å². The molecule has 0 spiro atoms. The van der Waals surface area contributed by atoms with Crippen molar-refractivity contribution in [2.75, 3.05) is 0 Å². The van der Waals surface area contributed by atoms with Crippen molar-refractivity contribution in [2.24, 2.45) is 5.73 Å². The summed E-state index contributed by atoms with van der Waals surface area (Å²) in [6, 6.07) is 9.48. The first-order valence-electron chi connectivity index (χ1n) is 6.05. The van der Waals surface area contributed by atoms with Gasteiger partial charge in [-0.1, -0.05) is 17.7 Å². The van der Waals surface area contributed by atoms with E-state index in [0.29, 0.717) is 10.2 Å². The summed E-state index contributed by atoms with van der Waals surface area (Å²) in [6.07, 6.45) is 0. The number of nitrogens with two attached hydrogens (primary N) is 1. The minimum absolute atomic E-state index is 0.111. The summed E-state index contributed by atoms with van der Waals surface area (Å²) >= 11 is 9.14. The fourth-order valence-electron chi connectivity index (χ4n) is 1.72. The molecule has 2 aromatic rings. The van der Waals surface area contributed by atoms with Crippen molar-refractivity contribution in [2.45, 2.75) is 13.0 Å². The third-order valence-electron chi connectivity index (χ3n) is 2.82. The van der Waals surface area contributed by atoms with Gasteiger partial charge in [-0.3, -0.25) is 10.1 Å². The lowest BCUT2D eigenvalue weighted by atomic mass is 10.1. The van der Waals surface area contributed by atoms with Crippen molar-refractivity contribution in [3.8, 4) is 11.5 Å².